The Bertz CT molecular complexity index is 1860. The molecule has 6 rings (SSSR count). The minimum atomic E-state index is -0.249. The molecule has 1 aliphatic heterocycles. The molecule has 326 valence electrons. The topological polar surface area (TPSA) is 187 Å². The van der Waals surface area contributed by atoms with E-state index in [9.17, 15) is 5.26 Å². The molecule has 3 aromatic heterocycles. The van der Waals surface area contributed by atoms with Crippen molar-refractivity contribution in [2.45, 2.75) is 83.4 Å². The minimum absolute atomic E-state index is 0.241. The number of hydrogen-bond acceptors (Lipinski definition) is 16. The van der Waals surface area contributed by atoms with Gasteiger partial charge in [-0.25, -0.2) is 19.6 Å². The standard InChI is InChI=1S/C42H60N10O8/c1-31-25-50(26-32(2)59-31)37-7-9-38(10-8-37)52-28-39(41(49-52)58-20-19-57-18-17-56-16-15-55-14-13-54-12-11-53-4)48-42-45-23-36(24-46-42)34-5-6-35(22-43)40(21-34)60-33(3)27-51-30-44-29-47-51/h5-6,21,23-24,28-33,37-38H,7-20,25-27H2,1-4H3,(H,45,46,48)/t31-,32+,33-,37?,38?/m0/s1. The summed E-state index contributed by atoms with van der Waals surface area (Å²) in [4.78, 5) is 15.9. The maximum atomic E-state index is 9.75. The molecule has 1 aromatic carbocycles. The zero-order valence-corrected chi connectivity index (χ0v) is 35.3. The van der Waals surface area contributed by atoms with Crippen molar-refractivity contribution in [2.75, 3.05) is 91.6 Å². The number of ether oxygens (including phenoxy) is 8. The van der Waals surface area contributed by atoms with Crippen LogP contribution >= 0.6 is 0 Å². The van der Waals surface area contributed by atoms with Gasteiger partial charge >= 0.3 is 0 Å². The van der Waals surface area contributed by atoms with E-state index in [1.165, 1.54) is 6.33 Å². The van der Waals surface area contributed by atoms with Crippen LogP contribution in [0.4, 0.5) is 11.6 Å². The van der Waals surface area contributed by atoms with Gasteiger partial charge in [-0.3, -0.25) is 9.58 Å². The molecule has 0 spiro atoms. The van der Waals surface area contributed by atoms with Gasteiger partial charge in [0.15, 0.2) is 0 Å². The van der Waals surface area contributed by atoms with Crippen molar-refractivity contribution in [3.05, 3.63) is 55.0 Å². The molecule has 4 aromatic rings. The van der Waals surface area contributed by atoms with Crippen LogP contribution < -0.4 is 14.8 Å². The summed E-state index contributed by atoms with van der Waals surface area (Å²) in [5, 5.41) is 22.1. The third-order valence-corrected chi connectivity index (χ3v) is 10.3. The number of benzene rings is 1. The molecule has 3 atom stereocenters. The molecule has 1 aliphatic carbocycles. The molecular formula is C42H60N10O8. The molecule has 60 heavy (non-hydrogen) atoms. The molecule has 1 saturated heterocycles. The van der Waals surface area contributed by atoms with Crippen molar-refractivity contribution in [3.63, 3.8) is 0 Å². The average Bonchev–Trinajstić information content (AvgIpc) is 3.92. The fourth-order valence-electron chi connectivity index (χ4n) is 7.46. The summed E-state index contributed by atoms with van der Waals surface area (Å²) < 4.78 is 49.3. The van der Waals surface area contributed by atoms with Gasteiger partial charge in [-0.2, -0.15) is 10.4 Å². The molecule has 0 bridgehead atoms. The lowest BCUT2D eigenvalue weighted by Crippen LogP contribution is -2.51. The van der Waals surface area contributed by atoms with Crippen LogP contribution in [0.15, 0.2) is 49.4 Å². The summed E-state index contributed by atoms with van der Waals surface area (Å²) in [6.07, 6.45) is 13.1. The van der Waals surface area contributed by atoms with Gasteiger partial charge < -0.3 is 43.2 Å². The van der Waals surface area contributed by atoms with E-state index in [0.29, 0.717) is 107 Å². The highest BCUT2D eigenvalue weighted by atomic mass is 16.6. The number of rotatable bonds is 25. The first-order valence-electron chi connectivity index (χ1n) is 20.9. The van der Waals surface area contributed by atoms with Crippen LogP contribution in [-0.4, -0.2) is 150 Å². The molecule has 1 N–H and O–H groups in total. The monoisotopic (exact) mass is 832 g/mol. The van der Waals surface area contributed by atoms with Gasteiger partial charge in [0.2, 0.25) is 5.95 Å². The summed E-state index contributed by atoms with van der Waals surface area (Å²) in [6, 6.07) is 8.44. The van der Waals surface area contributed by atoms with Gasteiger partial charge in [0.05, 0.1) is 96.0 Å². The molecular weight excluding hydrogens is 773 g/mol. The number of nitriles is 1. The quantitative estimate of drug-likeness (QED) is 0.0905. The van der Waals surface area contributed by atoms with Crippen LogP contribution in [-0.2, 0) is 35.0 Å². The van der Waals surface area contributed by atoms with Crippen LogP contribution in [0.5, 0.6) is 11.6 Å². The van der Waals surface area contributed by atoms with E-state index in [0.717, 1.165) is 49.9 Å². The van der Waals surface area contributed by atoms with Gasteiger partial charge in [-0.1, -0.05) is 6.07 Å². The number of morpholine rings is 1. The highest BCUT2D eigenvalue weighted by Gasteiger charge is 2.32. The number of methoxy groups -OCH3 is 1. The van der Waals surface area contributed by atoms with E-state index in [-0.39, 0.29) is 24.4 Å². The number of anilines is 2. The lowest BCUT2D eigenvalue weighted by Gasteiger charge is -2.42. The lowest BCUT2D eigenvalue weighted by molar-refractivity contribution is -0.0852. The molecule has 18 heteroatoms. The fourth-order valence-corrected chi connectivity index (χ4v) is 7.46. The minimum Gasteiger partial charge on any atom is -0.487 e. The van der Waals surface area contributed by atoms with Gasteiger partial charge in [0.1, 0.15) is 42.9 Å². The van der Waals surface area contributed by atoms with Gasteiger partial charge in [-0.15, -0.1) is 5.10 Å². The van der Waals surface area contributed by atoms with Crippen LogP contribution in [0.25, 0.3) is 11.1 Å². The normalized spacial score (nSPS) is 20.1. The molecule has 2 aliphatic rings. The van der Waals surface area contributed by atoms with E-state index in [2.05, 4.69) is 50.2 Å². The molecule has 4 heterocycles. The second-order valence-electron chi connectivity index (χ2n) is 15.1. The molecule has 0 amide bonds. The second-order valence-corrected chi connectivity index (χ2v) is 15.1. The number of nitrogens with zero attached hydrogens (tertiary/aromatic N) is 9. The number of hydrogen-bond donors (Lipinski definition) is 1. The Labute approximate surface area is 352 Å². The predicted octanol–water partition coefficient (Wildman–Crippen LogP) is 4.70. The van der Waals surface area contributed by atoms with Crippen LogP contribution in [0.3, 0.4) is 0 Å². The van der Waals surface area contributed by atoms with Gasteiger partial charge in [0, 0.05) is 44.2 Å². The van der Waals surface area contributed by atoms with E-state index in [1.54, 1.807) is 36.6 Å². The first-order valence-corrected chi connectivity index (χ1v) is 20.9. The van der Waals surface area contributed by atoms with Gasteiger partial charge in [0.25, 0.3) is 5.88 Å². The van der Waals surface area contributed by atoms with Gasteiger partial charge in [-0.05, 0) is 64.2 Å². The largest absolute Gasteiger partial charge is 0.487 e. The molecule has 1 saturated carbocycles. The summed E-state index contributed by atoms with van der Waals surface area (Å²) in [5.41, 5.74) is 2.69. The highest BCUT2D eigenvalue weighted by Crippen LogP contribution is 2.35. The molecule has 2 fully saturated rings. The highest BCUT2D eigenvalue weighted by molar-refractivity contribution is 5.67. The summed E-state index contributed by atoms with van der Waals surface area (Å²) in [6.45, 7) is 13.4. The fraction of sp³-hybridized carbons (Fsp3) is 0.619. The van der Waals surface area contributed by atoms with Crippen molar-refractivity contribution >= 4 is 11.6 Å². The van der Waals surface area contributed by atoms with Crippen LogP contribution in [0, 0.1) is 11.3 Å². The summed E-state index contributed by atoms with van der Waals surface area (Å²) in [7, 11) is 1.65. The van der Waals surface area contributed by atoms with E-state index >= 15 is 0 Å². The number of aromatic nitrogens is 7. The Morgan fingerprint density at radius 3 is 2.10 bits per heavy atom. The molecule has 0 unspecified atom stereocenters. The van der Waals surface area contributed by atoms with E-state index in [4.69, 9.17) is 43.0 Å². The van der Waals surface area contributed by atoms with Crippen molar-refractivity contribution in [1.29, 1.82) is 5.26 Å². The third-order valence-electron chi connectivity index (χ3n) is 10.3. The predicted molar refractivity (Wildman–Crippen MR) is 221 cm³/mol. The Kier molecular flexibility index (Phi) is 17.8. The summed E-state index contributed by atoms with van der Waals surface area (Å²) >= 11 is 0. The maximum absolute atomic E-state index is 9.75. The Morgan fingerprint density at radius 1 is 0.850 bits per heavy atom. The Balaban J connectivity index is 1.03. The van der Waals surface area contributed by atoms with Crippen molar-refractivity contribution in [3.8, 4) is 28.8 Å². The molecule has 0 radical (unpaired) electrons. The summed E-state index contributed by atoms with van der Waals surface area (Å²) in [5.74, 6) is 1.32. The van der Waals surface area contributed by atoms with E-state index < -0.39 is 0 Å². The van der Waals surface area contributed by atoms with Crippen molar-refractivity contribution < 1.29 is 37.9 Å². The SMILES string of the molecule is COCCOCCOCCOCCOCCOc1nn(C2CCC(N3C[C@@H](C)O[C@@H](C)C3)CC2)cc1Nc1ncc(-c2ccc(C#N)c(O[C@@H](C)Cn3cncn3)c2)cn1. The molecule has 18 nitrogen and oxygen atoms in total. The zero-order chi connectivity index (χ0) is 41.9. The van der Waals surface area contributed by atoms with E-state index in [1.807, 2.05) is 29.9 Å². The van der Waals surface area contributed by atoms with Crippen molar-refractivity contribution in [2.24, 2.45) is 0 Å². The number of nitrogens with one attached hydrogen (secondary N) is 1. The average molecular weight is 833 g/mol. The smallest absolute Gasteiger partial charge is 0.257 e. The zero-order valence-electron chi connectivity index (χ0n) is 35.3. The van der Waals surface area contributed by atoms with Crippen LogP contribution in [0.1, 0.15) is 58.1 Å². The van der Waals surface area contributed by atoms with Crippen molar-refractivity contribution in [1.82, 2.24) is 39.4 Å². The second kappa shape index (κ2) is 23.9. The lowest BCUT2D eigenvalue weighted by atomic mass is 9.89. The maximum Gasteiger partial charge on any atom is 0.257 e. The Hall–Kier alpha value is -4.74. The Morgan fingerprint density at radius 2 is 1.48 bits per heavy atom. The first-order chi connectivity index (χ1) is 29.4. The first kappa shape index (κ1) is 44.8. The van der Waals surface area contributed by atoms with Crippen LogP contribution in [0.2, 0.25) is 0 Å². The third kappa shape index (κ3) is 13.9.